The quantitative estimate of drug-likeness (QED) is 0.0339. The highest BCUT2D eigenvalue weighted by Gasteiger charge is 2.24. The molecule has 0 saturated heterocycles. The first kappa shape index (κ1) is 58.8. The minimum Gasteiger partial charge on any atom is -0.465 e. The molecule has 9 heteroatoms. The van der Waals surface area contributed by atoms with Crippen molar-refractivity contribution in [3.05, 3.63) is 0 Å². The van der Waals surface area contributed by atoms with Gasteiger partial charge in [-0.1, -0.05) is 156 Å². The average Bonchev–Trinajstić information content (AvgIpc) is 3.23. The maximum atomic E-state index is 13.4. The summed E-state index contributed by atoms with van der Waals surface area (Å²) < 4.78 is 17.4. The Labute approximate surface area is 377 Å². The maximum absolute atomic E-state index is 13.4. The number of carbonyl (C=O) groups excluding carboxylic acids is 4. The fraction of sp³-hybridized carbons (Fsp3) is 0.923. The minimum atomic E-state index is -0.351. The first-order chi connectivity index (χ1) is 29.6. The lowest BCUT2D eigenvalue weighted by atomic mass is 9.93. The van der Waals surface area contributed by atoms with E-state index >= 15 is 0 Å². The third kappa shape index (κ3) is 37.0. The van der Waals surface area contributed by atoms with Gasteiger partial charge in [0.25, 0.3) is 0 Å². The molecular formula is C52H100N2O7. The Bertz CT molecular complexity index is 1040. The monoisotopic (exact) mass is 865 g/mol. The van der Waals surface area contributed by atoms with Crippen LogP contribution in [0, 0.1) is 11.8 Å². The number of hydrogen-bond acceptors (Lipinski definition) is 8. The lowest BCUT2D eigenvalue weighted by Crippen LogP contribution is -2.37. The second-order valence-corrected chi connectivity index (χ2v) is 18.5. The largest absolute Gasteiger partial charge is 0.465 e. The topological polar surface area (TPSA) is 102 Å². The molecular weight excluding hydrogens is 765 g/mol. The Morgan fingerprint density at radius 2 is 0.820 bits per heavy atom. The van der Waals surface area contributed by atoms with E-state index in [4.69, 9.17) is 14.2 Å². The van der Waals surface area contributed by atoms with Crippen LogP contribution < -0.4 is 0 Å². The Morgan fingerprint density at radius 3 is 1.30 bits per heavy atom. The summed E-state index contributed by atoms with van der Waals surface area (Å²) >= 11 is 0. The smallest absolute Gasteiger partial charge is 0.325 e. The van der Waals surface area contributed by atoms with Crippen molar-refractivity contribution < 1.29 is 33.4 Å². The van der Waals surface area contributed by atoms with Crippen molar-refractivity contribution in [1.82, 2.24) is 9.80 Å². The van der Waals surface area contributed by atoms with Crippen LogP contribution in [0.2, 0.25) is 0 Å². The van der Waals surface area contributed by atoms with E-state index in [0.29, 0.717) is 19.6 Å². The third-order valence-electron chi connectivity index (χ3n) is 12.2. The third-order valence-corrected chi connectivity index (χ3v) is 12.2. The van der Waals surface area contributed by atoms with Crippen LogP contribution in [-0.4, -0.2) is 87.2 Å². The summed E-state index contributed by atoms with van der Waals surface area (Å²) in [5, 5.41) is 0. The number of unbranched alkanes of at least 4 members (excludes halogenated alkanes) is 20. The van der Waals surface area contributed by atoms with Crippen molar-refractivity contribution in [2.45, 2.75) is 252 Å². The van der Waals surface area contributed by atoms with Gasteiger partial charge in [0.2, 0.25) is 5.91 Å². The fourth-order valence-electron chi connectivity index (χ4n) is 8.20. The highest BCUT2D eigenvalue weighted by Crippen LogP contribution is 2.23. The molecule has 0 aromatic rings. The molecule has 61 heavy (non-hydrogen) atoms. The second kappa shape index (κ2) is 43.1. The summed E-state index contributed by atoms with van der Waals surface area (Å²) in [6.45, 7) is 10.5. The van der Waals surface area contributed by atoms with Crippen molar-refractivity contribution in [1.29, 1.82) is 0 Å². The number of esters is 3. The summed E-state index contributed by atoms with van der Waals surface area (Å²) in [5.74, 6) is -0.423. The number of nitrogens with zero attached hydrogens (tertiary/aromatic N) is 2. The van der Waals surface area contributed by atoms with E-state index in [0.717, 1.165) is 122 Å². The van der Waals surface area contributed by atoms with Crippen LogP contribution in [0.4, 0.5) is 0 Å². The summed E-state index contributed by atoms with van der Waals surface area (Å²) in [7, 11) is 5.75. The minimum absolute atomic E-state index is 0.00926. The van der Waals surface area contributed by atoms with Crippen molar-refractivity contribution >= 4 is 23.8 Å². The van der Waals surface area contributed by atoms with Gasteiger partial charge in [0.05, 0.1) is 19.1 Å². The zero-order valence-electron chi connectivity index (χ0n) is 41.4. The lowest BCUT2D eigenvalue weighted by Gasteiger charge is -2.23. The zero-order valence-corrected chi connectivity index (χ0v) is 41.4. The number of hydrogen-bond donors (Lipinski definition) is 0. The number of ether oxygens (including phenoxy) is 3. The standard InChI is InChI=1S/C52H100N2O7/c1-8-12-16-20-22-28-36-46(35-26-18-14-10-3)51(57)54(7)45-50(56)59-43-32-24-30-39-48(61-49(55)41-34-42-53(5)6)40-31-25-33-44-60-52(58)47(37-27-19-15-11-4)38-29-23-21-17-13-9-2/h46-48H,8-45H2,1-7H3. The predicted molar refractivity (Wildman–Crippen MR) is 255 cm³/mol. The highest BCUT2D eigenvalue weighted by molar-refractivity contribution is 5.83. The molecule has 0 aliphatic heterocycles. The van der Waals surface area contributed by atoms with Gasteiger partial charge >= 0.3 is 17.9 Å². The molecule has 0 fully saturated rings. The van der Waals surface area contributed by atoms with Crippen LogP contribution in [0.1, 0.15) is 246 Å². The molecule has 1 amide bonds. The Kier molecular flexibility index (Phi) is 41.6. The van der Waals surface area contributed by atoms with E-state index in [1.165, 1.54) is 96.3 Å². The van der Waals surface area contributed by atoms with Crippen LogP contribution in [0.15, 0.2) is 0 Å². The molecule has 360 valence electrons. The first-order valence-electron chi connectivity index (χ1n) is 26.0. The van der Waals surface area contributed by atoms with Crippen LogP contribution in [0.25, 0.3) is 0 Å². The Morgan fingerprint density at radius 1 is 0.426 bits per heavy atom. The molecule has 0 aliphatic carbocycles. The second-order valence-electron chi connectivity index (χ2n) is 18.5. The van der Waals surface area contributed by atoms with Gasteiger partial charge in [0.15, 0.2) is 0 Å². The molecule has 3 atom stereocenters. The van der Waals surface area contributed by atoms with Gasteiger partial charge in [0.1, 0.15) is 12.6 Å². The van der Waals surface area contributed by atoms with Crippen LogP contribution in [0.5, 0.6) is 0 Å². The molecule has 3 unspecified atom stereocenters. The normalized spacial score (nSPS) is 12.9. The van der Waals surface area contributed by atoms with Gasteiger partial charge in [0, 0.05) is 19.4 Å². The van der Waals surface area contributed by atoms with E-state index in [1.807, 2.05) is 14.1 Å². The molecule has 0 rings (SSSR count). The van der Waals surface area contributed by atoms with Crippen LogP contribution in [-0.2, 0) is 33.4 Å². The first-order valence-corrected chi connectivity index (χ1v) is 26.0. The van der Waals surface area contributed by atoms with Crippen molar-refractivity contribution in [3.8, 4) is 0 Å². The zero-order chi connectivity index (χ0) is 45.2. The SMILES string of the molecule is CCCCCCCCC(CCCCCC)C(=O)OCCCCCC(CCCCCOC(=O)CN(C)C(=O)C(CCCCCC)CCCCCCCC)OC(=O)CCCN(C)C. The Balaban J connectivity index is 4.80. The van der Waals surface area contributed by atoms with Crippen molar-refractivity contribution in [2.75, 3.05) is 47.4 Å². The molecule has 0 heterocycles. The van der Waals surface area contributed by atoms with Gasteiger partial charge < -0.3 is 24.0 Å². The number of rotatable bonds is 45. The van der Waals surface area contributed by atoms with Gasteiger partial charge in [-0.25, -0.2) is 0 Å². The molecule has 0 aliphatic rings. The molecule has 0 bridgehead atoms. The number of amides is 1. The van der Waals surface area contributed by atoms with Crippen molar-refractivity contribution in [2.24, 2.45) is 11.8 Å². The number of likely N-dealkylation sites (N-methyl/N-ethyl adjacent to an activating group) is 1. The molecule has 0 aromatic heterocycles. The molecule has 0 N–H and O–H groups in total. The molecule has 0 radical (unpaired) electrons. The fourth-order valence-corrected chi connectivity index (χ4v) is 8.20. The van der Waals surface area contributed by atoms with E-state index in [2.05, 4.69) is 32.6 Å². The maximum Gasteiger partial charge on any atom is 0.325 e. The Hall–Kier alpha value is -2.16. The average molecular weight is 865 g/mol. The summed E-state index contributed by atoms with van der Waals surface area (Å²) in [4.78, 5) is 55.6. The molecule has 9 nitrogen and oxygen atoms in total. The van der Waals surface area contributed by atoms with E-state index in [9.17, 15) is 19.2 Å². The van der Waals surface area contributed by atoms with Crippen molar-refractivity contribution in [3.63, 3.8) is 0 Å². The van der Waals surface area contributed by atoms with Crippen LogP contribution >= 0.6 is 0 Å². The lowest BCUT2D eigenvalue weighted by molar-refractivity contribution is -0.151. The van der Waals surface area contributed by atoms with E-state index < -0.39 is 0 Å². The summed E-state index contributed by atoms with van der Waals surface area (Å²) in [6, 6.07) is 0. The van der Waals surface area contributed by atoms with Gasteiger partial charge in [-0.15, -0.1) is 0 Å². The van der Waals surface area contributed by atoms with E-state index in [-0.39, 0.29) is 48.3 Å². The van der Waals surface area contributed by atoms with Crippen LogP contribution in [0.3, 0.4) is 0 Å². The van der Waals surface area contributed by atoms with E-state index in [1.54, 1.807) is 11.9 Å². The molecule has 0 aromatic carbocycles. The van der Waals surface area contributed by atoms with Gasteiger partial charge in [-0.2, -0.15) is 0 Å². The summed E-state index contributed by atoms with van der Waals surface area (Å²) in [6.07, 6.45) is 35.3. The van der Waals surface area contributed by atoms with Gasteiger partial charge in [-0.3, -0.25) is 19.2 Å². The highest BCUT2D eigenvalue weighted by atomic mass is 16.5. The molecule has 0 saturated carbocycles. The predicted octanol–water partition coefficient (Wildman–Crippen LogP) is 13.6. The van der Waals surface area contributed by atoms with Gasteiger partial charge in [-0.05, 0) is 104 Å². The number of carbonyl (C=O) groups is 4. The summed E-state index contributed by atoms with van der Waals surface area (Å²) in [5.41, 5.74) is 0. The molecule has 0 spiro atoms.